The zero-order chi connectivity index (χ0) is 12.8. The highest BCUT2D eigenvalue weighted by molar-refractivity contribution is 14.1. The van der Waals surface area contributed by atoms with Crippen LogP contribution in [0, 0.1) is 9.49 Å². The molecule has 0 spiro atoms. The maximum absolute atomic E-state index is 11.1. The standard InChI is InChI=1S/C13H17IO3/c1-3-9(4-2)8-17-12-6-5-10(14)7-11(12)13(15)16/h5-7,9H,3-4,8H2,1-2H3,(H,15,16). The second-order valence-electron chi connectivity index (χ2n) is 3.94. The molecule has 17 heavy (non-hydrogen) atoms. The number of aromatic carboxylic acids is 1. The van der Waals surface area contributed by atoms with Crippen LogP contribution in [0.5, 0.6) is 5.75 Å². The fourth-order valence-electron chi connectivity index (χ4n) is 1.53. The lowest BCUT2D eigenvalue weighted by atomic mass is 10.1. The van der Waals surface area contributed by atoms with Crippen molar-refractivity contribution in [2.24, 2.45) is 5.92 Å². The average molecular weight is 348 g/mol. The van der Waals surface area contributed by atoms with Crippen molar-refractivity contribution in [2.75, 3.05) is 6.61 Å². The minimum atomic E-state index is -0.942. The number of carbonyl (C=O) groups is 1. The molecule has 3 nitrogen and oxygen atoms in total. The van der Waals surface area contributed by atoms with E-state index in [0.717, 1.165) is 16.4 Å². The molecule has 0 radical (unpaired) electrons. The second-order valence-corrected chi connectivity index (χ2v) is 5.18. The number of rotatable bonds is 6. The summed E-state index contributed by atoms with van der Waals surface area (Å²) in [6.45, 7) is 4.81. The van der Waals surface area contributed by atoms with Crippen molar-refractivity contribution in [1.82, 2.24) is 0 Å². The Balaban J connectivity index is 2.80. The smallest absolute Gasteiger partial charge is 0.339 e. The van der Waals surface area contributed by atoms with E-state index >= 15 is 0 Å². The quantitative estimate of drug-likeness (QED) is 0.796. The molecule has 0 aromatic heterocycles. The summed E-state index contributed by atoms with van der Waals surface area (Å²) in [6, 6.07) is 5.22. The lowest BCUT2D eigenvalue weighted by Crippen LogP contribution is -2.12. The Kier molecular flexibility index (Phi) is 5.74. The molecule has 0 fully saturated rings. The molecular weight excluding hydrogens is 331 g/mol. The molecule has 0 heterocycles. The summed E-state index contributed by atoms with van der Waals surface area (Å²) in [5.74, 6) is 0.00352. The van der Waals surface area contributed by atoms with Gasteiger partial charge in [-0.25, -0.2) is 4.79 Å². The van der Waals surface area contributed by atoms with Crippen LogP contribution in [-0.2, 0) is 0 Å². The fraction of sp³-hybridized carbons (Fsp3) is 0.462. The van der Waals surface area contributed by atoms with E-state index in [2.05, 4.69) is 36.4 Å². The molecule has 0 unspecified atom stereocenters. The Bertz CT molecular complexity index is 386. The van der Waals surface area contributed by atoms with Crippen LogP contribution in [0.4, 0.5) is 0 Å². The van der Waals surface area contributed by atoms with Gasteiger partial charge in [-0.2, -0.15) is 0 Å². The molecule has 0 aliphatic heterocycles. The van der Waals surface area contributed by atoms with Crippen LogP contribution in [0.25, 0.3) is 0 Å². The first-order valence-electron chi connectivity index (χ1n) is 5.74. The molecule has 1 N–H and O–H groups in total. The van der Waals surface area contributed by atoms with Crippen molar-refractivity contribution < 1.29 is 14.6 Å². The van der Waals surface area contributed by atoms with Gasteiger partial charge in [0.25, 0.3) is 0 Å². The maximum Gasteiger partial charge on any atom is 0.339 e. The van der Waals surface area contributed by atoms with Crippen LogP contribution in [-0.4, -0.2) is 17.7 Å². The summed E-state index contributed by atoms with van der Waals surface area (Å²) in [7, 11) is 0. The van der Waals surface area contributed by atoms with E-state index in [0.29, 0.717) is 18.3 Å². The Morgan fingerprint density at radius 3 is 2.59 bits per heavy atom. The van der Waals surface area contributed by atoms with Gasteiger partial charge in [0.15, 0.2) is 0 Å². The second kappa shape index (κ2) is 6.83. The molecule has 1 aromatic carbocycles. The molecule has 0 saturated carbocycles. The van der Waals surface area contributed by atoms with Crippen LogP contribution in [0.15, 0.2) is 18.2 Å². The Labute approximate surface area is 115 Å². The monoisotopic (exact) mass is 348 g/mol. The Morgan fingerprint density at radius 2 is 2.06 bits per heavy atom. The molecule has 0 amide bonds. The van der Waals surface area contributed by atoms with Gasteiger partial charge < -0.3 is 9.84 Å². The number of hydrogen-bond acceptors (Lipinski definition) is 2. The largest absolute Gasteiger partial charge is 0.492 e. The number of hydrogen-bond donors (Lipinski definition) is 1. The first-order valence-corrected chi connectivity index (χ1v) is 6.82. The van der Waals surface area contributed by atoms with Gasteiger partial charge in [0.05, 0.1) is 6.61 Å². The lowest BCUT2D eigenvalue weighted by molar-refractivity contribution is 0.0691. The van der Waals surface area contributed by atoms with Gasteiger partial charge in [-0.3, -0.25) is 0 Å². The first kappa shape index (κ1) is 14.3. The number of carboxylic acid groups (broad SMARTS) is 1. The minimum Gasteiger partial charge on any atom is -0.492 e. The topological polar surface area (TPSA) is 46.5 Å². The van der Waals surface area contributed by atoms with Crippen LogP contribution < -0.4 is 4.74 Å². The fourth-order valence-corrected chi connectivity index (χ4v) is 2.02. The molecule has 0 atom stereocenters. The van der Waals surface area contributed by atoms with Gasteiger partial charge in [-0.05, 0) is 46.7 Å². The number of benzene rings is 1. The Hall–Kier alpha value is -0.780. The van der Waals surface area contributed by atoms with Crippen molar-refractivity contribution in [3.05, 3.63) is 27.3 Å². The number of ether oxygens (including phenoxy) is 1. The van der Waals surface area contributed by atoms with Gasteiger partial charge in [0, 0.05) is 3.57 Å². The predicted octanol–water partition coefficient (Wildman–Crippen LogP) is 3.80. The molecule has 0 aliphatic rings. The summed E-state index contributed by atoms with van der Waals surface area (Å²) in [4.78, 5) is 11.1. The third-order valence-electron chi connectivity index (χ3n) is 2.80. The van der Waals surface area contributed by atoms with E-state index in [1.54, 1.807) is 12.1 Å². The van der Waals surface area contributed by atoms with Gasteiger partial charge in [0.2, 0.25) is 0 Å². The molecule has 1 rings (SSSR count). The normalized spacial score (nSPS) is 10.6. The van der Waals surface area contributed by atoms with Gasteiger partial charge in [-0.1, -0.05) is 26.7 Å². The highest BCUT2D eigenvalue weighted by Gasteiger charge is 2.13. The minimum absolute atomic E-state index is 0.239. The SMILES string of the molecule is CCC(CC)COc1ccc(I)cc1C(=O)O. The van der Waals surface area contributed by atoms with Crippen molar-refractivity contribution >= 4 is 28.6 Å². The molecule has 0 aliphatic carbocycles. The highest BCUT2D eigenvalue weighted by atomic mass is 127. The van der Waals surface area contributed by atoms with Crippen LogP contribution in [0.2, 0.25) is 0 Å². The van der Waals surface area contributed by atoms with E-state index in [4.69, 9.17) is 9.84 Å². The van der Waals surface area contributed by atoms with Gasteiger partial charge >= 0.3 is 5.97 Å². The van der Waals surface area contributed by atoms with E-state index in [-0.39, 0.29) is 5.56 Å². The zero-order valence-corrected chi connectivity index (χ0v) is 12.2. The third-order valence-corrected chi connectivity index (χ3v) is 3.47. The van der Waals surface area contributed by atoms with Gasteiger partial charge in [0.1, 0.15) is 11.3 Å². The number of halogens is 1. The molecule has 0 saturated heterocycles. The predicted molar refractivity (Wildman–Crippen MR) is 75.7 cm³/mol. The average Bonchev–Trinajstić information content (AvgIpc) is 2.31. The number of carboxylic acids is 1. The third kappa shape index (κ3) is 4.18. The lowest BCUT2D eigenvalue weighted by Gasteiger charge is -2.15. The summed E-state index contributed by atoms with van der Waals surface area (Å²) >= 11 is 2.09. The van der Waals surface area contributed by atoms with Gasteiger partial charge in [-0.15, -0.1) is 0 Å². The molecule has 1 aromatic rings. The summed E-state index contributed by atoms with van der Waals surface area (Å²) in [6.07, 6.45) is 2.09. The van der Waals surface area contributed by atoms with Crippen molar-refractivity contribution in [1.29, 1.82) is 0 Å². The van der Waals surface area contributed by atoms with Crippen molar-refractivity contribution in [2.45, 2.75) is 26.7 Å². The van der Waals surface area contributed by atoms with E-state index < -0.39 is 5.97 Å². The summed E-state index contributed by atoms with van der Waals surface area (Å²) in [5, 5.41) is 9.09. The molecule has 4 heteroatoms. The molecule has 94 valence electrons. The summed E-state index contributed by atoms with van der Waals surface area (Å²) < 4.78 is 6.51. The maximum atomic E-state index is 11.1. The molecule has 0 bridgehead atoms. The highest BCUT2D eigenvalue weighted by Crippen LogP contribution is 2.22. The molecular formula is C13H17IO3. The van der Waals surface area contributed by atoms with Crippen LogP contribution >= 0.6 is 22.6 Å². The Morgan fingerprint density at radius 1 is 1.41 bits per heavy atom. The van der Waals surface area contributed by atoms with E-state index in [1.807, 2.05) is 6.07 Å². The van der Waals surface area contributed by atoms with Crippen LogP contribution in [0.3, 0.4) is 0 Å². The van der Waals surface area contributed by atoms with Crippen molar-refractivity contribution in [3.8, 4) is 5.75 Å². The van der Waals surface area contributed by atoms with Crippen molar-refractivity contribution in [3.63, 3.8) is 0 Å². The zero-order valence-electron chi connectivity index (χ0n) is 10.1. The van der Waals surface area contributed by atoms with E-state index in [9.17, 15) is 4.79 Å². The summed E-state index contributed by atoms with van der Waals surface area (Å²) in [5.41, 5.74) is 0.239. The first-order chi connectivity index (χ1) is 8.08. The van der Waals surface area contributed by atoms with E-state index in [1.165, 1.54) is 0 Å². The van der Waals surface area contributed by atoms with Crippen LogP contribution in [0.1, 0.15) is 37.0 Å².